The minimum absolute atomic E-state index is 0.0772. The van der Waals surface area contributed by atoms with Crippen molar-refractivity contribution in [3.63, 3.8) is 0 Å². The van der Waals surface area contributed by atoms with Gasteiger partial charge in [-0.3, -0.25) is 53.0 Å². The fourth-order valence-electron chi connectivity index (χ4n) is 12.1. The molecule has 0 bridgehead atoms. The van der Waals surface area contributed by atoms with Crippen molar-refractivity contribution in [3.8, 4) is 0 Å². The molecule has 0 radical (unpaired) electrons. The number of aliphatic hydroxyl groups is 1. The van der Waals surface area contributed by atoms with Crippen LogP contribution in [0, 0.1) is 35.5 Å². The number of imide groups is 1. The van der Waals surface area contributed by atoms with E-state index in [-0.39, 0.29) is 80.8 Å². The lowest BCUT2D eigenvalue weighted by atomic mass is 9.84. The zero-order valence-electron chi connectivity index (χ0n) is 57.0. The monoisotopic (exact) mass is 1310 g/mol. The molecule has 1 saturated heterocycles. The van der Waals surface area contributed by atoms with Gasteiger partial charge in [0.25, 0.3) is 11.8 Å². The number of nitrogens with two attached hydrogens (primary N) is 1. The van der Waals surface area contributed by atoms with Crippen molar-refractivity contribution in [3.05, 3.63) is 77.9 Å². The standard InChI is InChI=1S/C68H103N11O15/c1-14-43(8)59(48(38-80)37-55(84)78-36-22-26-51(78)61(93-13)44(9)62(86)71-45(10)60(85)47-23-17-15-18-24-47)76(11)66(90)57(41(4)5)75-65(89)58(42(6)7)77(12)68(92)94-39-46-28-30-49(31-29-46)72-63(87)50(25-21-34-70-67(69)91)73-64(88)56(40(2)3)74-52(81)27-19-16-20-35-79-53(82)32-33-54(79)83/h15,17-18,23-24,28-33,38,40-45,48,50-51,56-61,85H,14,16,19-22,25-27,34-37,39H2,1-13H3,(H,71,86)(H,72,87)(H,73,88)(H,74,81)(H,75,89)(H3,69,70,91)/t43-,44+,45+,48-,50-,51-,56+,57-,58?,59-,60+,61+/m0/s1. The van der Waals surface area contributed by atoms with E-state index in [0.717, 1.165) is 9.80 Å². The van der Waals surface area contributed by atoms with E-state index in [9.17, 15) is 62.6 Å². The second-order valence-electron chi connectivity index (χ2n) is 25.8. The maximum absolute atomic E-state index is 14.7. The average molecular weight is 1310 g/mol. The summed E-state index contributed by atoms with van der Waals surface area (Å²) in [6.45, 7) is 18.2. The fourth-order valence-corrected chi connectivity index (χ4v) is 12.1. The highest BCUT2D eigenvalue weighted by atomic mass is 16.6. The summed E-state index contributed by atoms with van der Waals surface area (Å²) in [7, 11) is 4.45. The number of rotatable bonds is 38. The van der Waals surface area contributed by atoms with Crippen LogP contribution in [0.5, 0.6) is 0 Å². The Labute approximate surface area is 553 Å². The molecule has 12 atom stereocenters. The van der Waals surface area contributed by atoms with Gasteiger partial charge >= 0.3 is 12.1 Å². The lowest BCUT2D eigenvalue weighted by Crippen LogP contribution is -2.59. The molecule has 520 valence electrons. The molecule has 94 heavy (non-hydrogen) atoms. The van der Waals surface area contributed by atoms with Crippen LogP contribution in [0.4, 0.5) is 15.3 Å². The van der Waals surface area contributed by atoms with Gasteiger partial charge in [-0.05, 0) is 92.4 Å². The van der Waals surface area contributed by atoms with Crippen LogP contribution in [-0.2, 0) is 64.0 Å². The number of amides is 12. The quantitative estimate of drug-likeness (QED) is 0.0252. The van der Waals surface area contributed by atoms with E-state index in [0.29, 0.717) is 68.2 Å². The molecule has 0 saturated carbocycles. The third-order valence-corrected chi connectivity index (χ3v) is 17.7. The molecule has 26 nitrogen and oxygen atoms in total. The Bertz CT molecular complexity index is 2910. The number of likely N-dealkylation sites (N-methyl/N-ethyl adjacent to an activating group) is 2. The molecule has 2 heterocycles. The topological polar surface area (TPSA) is 355 Å². The first kappa shape index (κ1) is 78.2. The number of nitrogens with zero attached hydrogens (tertiary/aromatic N) is 4. The van der Waals surface area contributed by atoms with Crippen LogP contribution in [0.15, 0.2) is 66.7 Å². The molecule has 1 unspecified atom stereocenters. The van der Waals surface area contributed by atoms with Crippen LogP contribution in [0.3, 0.4) is 0 Å². The summed E-state index contributed by atoms with van der Waals surface area (Å²) in [5.74, 6) is -7.48. The number of carbonyl (C=O) groups is 12. The molecule has 9 N–H and O–H groups in total. The minimum Gasteiger partial charge on any atom is -0.445 e. The summed E-state index contributed by atoms with van der Waals surface area (Å²) < 4.78 is 11.6. The number of aliphatic hydroxyl groups excluding tert-OH is 1. The number of unbranched alkanes of at least 4 members (excludes halogenated alkanes) is 2. The zero-order valence-corrected chi connectivity index (χ0v) is 57.0. The Morgan fingerprint density at radius 1 is 0.745 bits per heavy atom. The van der Waals surface area contributed by atoms with E-state index in [1.54, 1.807) is 116 Å². The Morgan fingerprint density at radius 3 is 1.96 bits per heavy atom. The van der Waals surface area contributed by atoms with Crippen molar-refractivity contribution in [1.82, 2.24) is 46.2 Å². The number of primary amides is 1. The first-order valence-electron chi connectivity index (χ1n) is 32.8. The van der Waals surface area contributed by atoms with Gasteiger partial charge in [-0.15, -0.1) is 0 Å². The third-order valence-electron chi connectivity index (χ3n) is 17.7. The maximum atomic E-state index is 14.7. The highest BCUT2D eigenvalue weighted by Gasteiger charge is 2.44. The van der Waals surface area contributed by atoms with Crippen molar-refractivity contribution >= 4 is 77.3 Å². The predicted molar refractivity (Wildman–Crippen MR) is 352 cm³/mol. The van der Waals surface area contributed by atoms with Crippen molar-refractivity contribution in [1.29, 1.82) is 0 Å². The van der Waals surface area contributed by atoms with E-state index < -0.39 is 120 Å². The SMILES string of the molecule is CC[C@H](C)[C@@H]([C@H](C=O)CC(=O)N1CCC[C@H]1[C@H](OC)[C@@H](C)C(=O)N[C@H](C)[C@@H](O)c1ccccc1)N(C)C(=O)[C@@H](NC(=O)C(C(C)C)N(C)C(=O)OCc1ccc(NC(=O)[C@H](CCCNC(N)=O)NC(=O)[C@H](NC(=O)CCCCCN2C(=O)C=CC2=O)C(C)C)cc1)C(C)C. The number of ether oxygens (including phenoxy) is 2. The van der Waals surface area contributed by atoms with E-state index in [1.807, 2.05) is 19.9 Å². The lowest BCUT2D eigenvalue weighted by Gasteiger charge is -2.40. The second kappa shape index (κ2) is 38.2. The molecule has 0 spiro atoms. The molecule has 2 aromatic carbocycles. The summed E-state index contributed by atoms with van der Waals surface area (Å²) in [4.78, 5) is 165. The summed E-state index contributed by atoms with van der Waals surface area (Å²) in [6.07, 6.45) is 3.97. The number of methoxy groups -OCH3 is 1. The van der Waals surface area contributed by atoms with Gasteiger partial charge in [0.2, 0.25) is 41.4 Å². The predicted octanol–water partition coefficient (Wildman–Crippen LogP) is 4.88. The summed E-state index contributed by atoms with van der Waals surface area (Å²) in [5, 5.41) is 27.5. The van der Waals surface area contributed by atoms with Gasteiger partial charge in [0.15, 0.2) is 0 Å². The van der Waals surface area contributed by atoms with Crippen molar-refractivity contribution in [2.45, 2.75) is 195 Å². The van der Waals surface area contributed by atoms with Crippen LogP contribution in [0.1, 0.15) is 151 Å². The van der Waals surface area contributed by atoms with Crippen molar-refractivity contribution in [2.24, 2.45) is 41.2 Å². The number of urea groups is 1. The van der Waals surface area contributed by atoms with Gasteiger partial charge in [0.05, 0.1) is 30.2 Å². The van der Waals surface area contributed by atoms with E-state index in [1.165, 1.54) is 31.2 Å². The van der Waals surface area contributed by atoms with Gasteiger partial charge in [-0.1, -0.05) is 118 Å². The van der Waals surface area contributed by atoms with Gasteiger partial charge in [-0.2, -0.15) is 0 Å². The second-order valence-corrected chi connectivity index (χ2v) is 25.8. The normalized spacial score (nSPS) is 17.4. The first-order chi connectivity index (χ1) is 44.5. The number of carbonyl (C=O) groups excluding carboxylic acids is 12. The van der Waals surface area contributed by atoms with Crippen LogP contribution in [0.25, 0.3) is 0 Å². The van der Waals surface area contributed by atoms with Crippen LogP contribution >= 0.6 is 0 Å². The number of likely N-dealkylation sites (tertiary alicyclic amines) is 1. The molecule has 4 rings (SSSR count). The molecule has 0 aromatic heterocycles. The molecule has 0 aliphatic carbocycles. The maximum Gasteiger partial charge on any atom is 0.410 e. The fraction of sp³-hybridized carbons (Fsp3) is 0.618. The number of nitrogens with one attached hydrogen (secondary N) is 6. The van der Waals surface area contributed by atoms with E-state index in [2.05, 4.69) is 31.9 Å². The number of benzene rings is 2. The molecule has 2 aliphatic rings. The van der Waals surface area contributed by atoms with Crippen molar-refractivity contribution in [2.75, 3.05) is 46.2 Å². The summed E-state index contributed by atoms with van der Waals surface area (Å²) >= 11 is 0. The Kier molecular flexibility index (Phi) is 31.8. The number of anilines is 1. The van der Waals surface area contributed by atoms with Gasteiger partial charge in [-0.25, -0.2) is 9.59 Å². The molecule has 1 fully saturated rings. The molecule has 12 amide bonds. The Morgan fingerprint density at radius 2 is 1.38 bits per heavy atom. The first-order valence-corrected chi connectivity index (χ1v) is 32.8. The lowest BCUT2D eigenvalue weighted by molar-refractivity contribution is -0.145. The highest BCUT2D eigenvalue weighted by Crippen LogP contribution is 2.31. The minimum atomic E-state index is -1.12. The van der Waals surface area contributed by atoms with Crippen LogP contribution in [-0.4, -0.2) is 186 Å². The van der Waals surface area contributed by atoms with Gasteiger partial charge < -0.3 is 66.8 Å². The van der Waals surface area contributed by atoms with E-state index in [4.69, 9.17) is 15.2 Å². The Balaban J connectivity index is 1.37. The zero-order chi connectivity index (χ0) is 70.1. The third kappa shape index (κ3) is 22.8. The smallest absolute Gasteiger partial charge is 0.410 e. The van der Waals surface area contributed by atoms with E-state index >= 15 is 0 Å². The number of aldehydes is 1. The van der Waals surface area contributed by atoms with Crippen LogP contribution < -0.4 is 37.6 Å². The van der Waals surface area contributed by atoms with Crippen molar-refractivity contribution < 1.29 is 72.1 Å². The largest absolute Gasteiger partial charge is 0.445 e. The number of hydrogen-bond donors (Lipinski definition) is 8. The summed E-state index contributed by atoms with van der Waals surface area (Å²) in [6, 6.07) is 8.28. The molecule has 2 aromatic rings. The molecular formula is C68H103N11O15. The summed E-state index contributed by atoms with van der Waals surface area (Å²) in [5.41, 5.74) is 6.72. The molecule has 26 heteroatoms. The van der Waals surface area contributed by atoms with Gasteiger partial charge in [0, 0.05) is 83.5 Å². The van der Waals surface area contributed by atoms with Gasteiger partial charge in [0.1, 0.15) is 37.1 Å². The molecule has 2 aliphatic heterocycles. The Hall–Kier alpha value is -8.26. The number of hydrogen-bond acceptors (Lipinski definition) is 15. The average Bonchev–Trinajstić information content (AvgIpc) is 1.33. The molecular weight excluding hydrogens is 1210 g/mol. The highest BCUT2D eigenvalue weighted by molar-refractivity contribution is 6.12. The van der Waals surface area contributed by atoms with Crippen LogP contribution in [0.2, 0.25) is 0 Å².